The number of aryl methyl sites for hydroxylation is 1. The van der Waals surface area contributed by atoms with Crippen LogP contribution in [0.2, 0.25) is 0 Å². The summed E-state index contributed by atoms with van der Waals surface area (Å²) in [4.78, 5) is 25.1. The van der Waals surface area contributed by atoms with E-state index in [0.29, 0.717) is 13.0 Å². The molecule has 0 aromatic heterocycles. The Balaban J connectivity index is 1.84. The molecule has 0 fully saturated rings. The molecule has 0 atom stereocenters. The van der Waals surface area contributed by atoms with Gasteiger partial charge in [-0.25, -0.2) is 0 Å². The first-order valence-corrected chi connectivity index (χ1v) is 9.66. The van der Waals surface area contributed by atoms with Gasteiger partial charge in [0.2, 0.25) is 0 Å². The van der Waals surface area contributed by atoms with Gasteiger partial charge in [-0.05, 0) is 62.1 Å². The van der Waals surface area contributed by atoms with Gasteiger partial charge in [0.15, 0.2) is 5.78 Å². The number of allylic oxidation sites excluding steroid dienone is 4. The molecular weight excluding hydrogens is 336 g/mol. The van der Waals surface area contributed by atoms with E-state index in [1.165, 1.54) is 0 Å². The first-order chi connectivity index (χ1) is 12.9. The van der Waals surface area contributed by atoms with Gasteiger partial charge in [0.1, 0.15) is 0 Å². The van der Waals surface area contributed by atoms with Crippen LogP contribution in [0, 0.1) is 6.92 Å². The van der Waals surface area contributed by atoms with E-state index in [-0.39, 0.29) is 11.7 Å². The van der Waals surface area contributed by atoms with Crippen molar-refractivity contribution in [3.8, 4) is 0 Å². The van der Waals surface area contributed by atoms with Gasteiger partial charge in [-0.1, -0.05) is 36.3 Å². The lowest BCUT2D eigenvalue weighted by atomic mass is 10.00. The summed E-state index contributed by atoms with van der Waals surface area (Å²) in [5.74, 6) is 0.141. The van der Waals surface area contributed by atoms with Crippen LogP contribution in [-0.4, -0.2) is 31.3 Å². The average Bonchev–Trinajstić information content (AvgIpc) is 3.08. The molecule has 2 aliphatic carbocycles. The molecule has 4 nitrogen and oxygen atoms in total. The van der Waals surface area contributed by atoms with E-state index in [0.717, 1.165) is 64.1 Å². The van der Waals surface area contributed by atoms with Crippen molar-refractivity contribution in [3.05, 3.63) is 63.3 Å². The normalized spacial score (nSPS) is 17.9. The van der Waals surface area contributed by atoms with Crippen molar-refractivity contribution in [2.24, 2.45) is 0 Å². The first kappa shape index (κ1) is 19.3. The van der Waals surface area contributed by atoms with Crippen LogP contribution in [0.3, 0.4) is 0 Å². The fourth-order valence-electron chi connectivity index (χ4n) is 3.89. The van der Waals surface area contributed by atoms with Crippen LogP contribution >= 0.6 is 0 Å². The molecule has 0 saturated heterocycles. The molecule has 1 aromatic rings. The largest absolute Gasteiger partial charge is 0.351 e. The summed E-state index contributed by atoms with van der Waals surface area (Å²) in [6.45, 7) is 10.3. The minimum Gasteiger partial charge on any atom is -0.351 e. The van der Waals surface area contributed by atoms with Crippen molar-refractivity contribution >= 4 is 17.3 Å². The summed E-state index contributed by atoms with van der Waals surface area (Å²) < 4.78 is 0. The van der Waals surface area contributed by atoms with Gasteiger partial charge in [0, 0.05) is 30.7 Å². The van der Waals surface area contributed by atoms with Crippen LogP contribution < -0.4 is 10.6 Å². The number of rotatable bonds is 6. The Labute approximate surface area is 161 Å². The van der Waals surface area contributed by atoms with Crippen LogP contribution in [0.15, 0.2) is 46.6 Å². The molecule has 4 heteroatoms. The van der Waals surface area contributed by atoms with E-state index in [2.05, 4.69) is 22.8 Å². The predicted octanol–water partition coefficient (Wildman–Crippen LogP) is 3.27. The van der Waals surface area contributed by atoms with E-state index >= 15 is 0 Å². The van der Waals surface area contributed by atoms with E-state index in [4.69, 9.17) is 0 Å². The Morgan fingerprint density at radius 2 is 1.93 bits per heavy atom. The molecule has 27 heavy (non-hydrogen) atoms. The predicted molar refractivity (Wildman–Crippen MR) is 109 cm³/mol. The van der Waals surface area contributed by atoms with Gasteiger partial charge in [-0.15, -0.1) is 0 Å². The third-order valence-electron chi connectivity index (χ3n) is 5.33. The summed E-state index contributed by atoms with van der Waals surface area (Å²) in [6, 6.07) is 6.19. The molecule has 0 unspecified atom stereocenters. The lowest BCUT2D eigenvalue weighted by molar-refractivity contribution is -0.117. The summed E-state index contributed by atoms with van der Waals surface area (Å²) >= 11 is 0. The van der Waals surface area contributed by atoms with Crippen molar-refractivity contribution in [2.45, 2.75) is 40.5 Å². The minimum atomic E-state index is -0.0229. The topological polar surface area (TPSA) is 58.2 Å². The highest BCUT2D eigenvalue weighted by Gasteiger charge is 2.28. The Morgan fingerprint density at radius 1 is 1.15 bits per heavy atom. The second-order valence-electron chi connectivity index (χ2n) is 7.41. The number of nitrogens with one attached hydrogen (secondary N) is 2. The van der Waals surface area contributed by atoms with Gasteiger partial charge >= 0.3 is 0 Å². The van der Waals surface area contributed by atoms with Crippen LogP contribution in [0.5, 0.6) is 0 Å². The molecule has 0 spiro atoms. The molecular formula is C23H28N2O2. The number of carbonyl (C=O) groups excluding carboxylic acids is 2. The molecule has 0 bridgehead atoms. The smallest absolute Gasteiger partial charge is 0.251 e. The van der Waals surface area contributed by atoms with Gasteiger partial charge in [0.05, 0.1) is 0 Å². The highest BCUT2D eigenvalue weighted by Crippen LogP contribution is 2.37. The molecule has 0 radical (unpaired) electrons. The van der Waals surface area contributed by atoms with Crippen LogP contribution in [0.4, 0.5) is 0 Å². The minimum absolute atomic E-state index is 0.0229. The molecule has 0 saturated carbocycles. The van der Waals surface area contributed by atoms with Crippen molar-refractivity contribution < 1.29 is 9.59 Å². The monoisotopic (exact) mass is 364 g/mol. The van der Waals surface area contributed by atoms with E-state index in [1.54, 1.807) is 0 Å². The number of likely N-dealkylation sites (N-methyl/N-ethyl adjacent to an activating group) is 1. The average molecular weight is 364 g/mol. The second kappa shape index (κ2) is 8.05. The van der Waals surface area contributed by atoms with Crippen molar-refractivity contribution in [1.82, 2.24) is 10.6 Å². The Kier molecular flexibility index (Phi) is 5.76. The summed E-state index contributed by atoms with van der Waals surface area (Å²) in [7, 11) is 0. The number of hydrogen-bond acceptors (Lipinski definition) is 3. The number of carbonyl (C=O) groups is 2. The molecule has 0 heterocycles. The first-order valence-electron chi connectivity index (χ1n) is 9.66. The Morgan fingerprint density at radius 3 is 2.67 bits per heavy atom. The maximum atomic E-state index is 12.6. The number of hydrogen-bond donors (Lipinski definition) is 2. The number of benzene rings is 1. The van der Waals surface area contributed by atoms with Crippen molar-refractivity contribution in [1.29, 1.82) is 0 Å². The lowest BCUT2D eigenvalue weighted by Gasteiger charge is -2.09. The van der Waals surface area contributed by atoms with Gasteiger partial charge in [-0.3, -0.25) is 9.59 Å². The zero-order valence-electron chi connectivity index (χ0n) is 16.7. The summed E-state index contributed by atoms with van der Waals surface area (Å²) in [5, 5.41) is 6.19. The van der Waals surface area contributed by atoms with Crippen molar-refractivity contribution in [3.63, 3.8) is 0 Å². The number of amides is 1. The quantitative estimate of drug-likeness (QED) is 0.602. The summed E-state index contributed by atoms with van der Waals surface area (Å²) in [5.41, 5.74) is 7.97. The van der Waals surface area contributed by atoms with Gasteiger partial charge in [0.25, 0.3) is 5.91 Å². The fraction of sp³-hybridized carbons (Fsp3) is 0.391. The Hall–Kier alpha value is -2.46. The lowest BCUT2D eigenvalue weighted by Crippen LogP contribution is -2.32. The Bertz CT molecular complexity index is 888. The highest BCUT2D eigenvalue weighted by atomic mass is 16.1. The van der Waals surface area contributed by atoms with Crippen LogP contribution in [0.25, 0.3) is 5.57 Å². The fourth-order valence-corrected chi connectivity index (χ4v) is 3.89. The molecule has 142 valence electrons. The molecule has 0 aliphatic heterocycles. The molecule has 1 aromatic carbocycles. The van der Waals surface area contributed by atoms with Gasteiger partial charge < -0.3 is 10.6 Å². The molecule has 1 amide bonds. The number of fused-ring (bicyclic) bond motifs is 1. The zero-order valence-corrected chi connectivity index (χ0v) is 16.7. The maximum Gasteiger partial charge on any atom is 0.251 e. The van der Waals surface area contributed by atoms with E-state index in [1.807, 2.05) is 39.8 Å². The van der Waals surface area contributed by atoms with Crippen LogP contribution in [-0.2, 0) is 16.0 Å². The third-order valence-corrected chi connectivity index (χ3v) is 5.33. The van der Waals surface area contributed by atoms with E-state index in [9.17, 15) is 9.59 Å². The van der Waals surface area contributed by atoms with E-state index < -0.39 is 0 Å². The summed E-state index contributed by atoms with van der Waals surface area (Å²) in [6.07, 6.45) is 3.20. The molecule has 3 rings (SSSR count). The third kappa shape index (κ3) is 3.96. The highest BCUT2D eigenvalue weighted by molar-refractivity contribution is 6.26. The van der Waals surface area contributed by atoms with Gasteiger partial charge in [-0.2, -0.15) is 0 Å². The van der Waals surface area contributed by atoms with Crippen molar-refractivity contribution in [2.75, 3.05) is 19.6 Å². The number of Topliss-reactive ketones (excluding diaryl/α,β-unsaturated/α-hetero) is 1. The standard InChI is InChI=1S/C23H28N2O2/c1-5-24-8-9-25-23(27)22-15(3)11-18(16(22)4)12-20-19-10-14(2)6-7-17(19)13-21(20)26/h6-7,10,12,24H,5,8-9,11,13H2,1-4H3,(H,25,27)/b20-12-. The zero-order chi connectivity index (χ0) is 19.6. The SMILES string of the molecule is CCNCCNC(=O)C1=C(C)CC(/C=C2\C(=O)Cc3ccc(C)cc32)=C1C. The second-order valence-corrected chi connectivity index (χ2v) is 7.41. The molecule has 2 N–H and O–H groups in total. The number of ketones is 1. The maximum absolute atomic E-state index is 12.6. The molecule has 2 aliphatic rings. The van der Waals surface area contributed by atoms with Crippen LogP contribution in [0.1, 0.15) is 43.9 Å².